The van der Waals surface area contributed by atoms with Crippen LogP contribution >= 0.6 is 24.4 Å². The molecule has 0 saturated heterocycles. The minimum absolute atomic E-state index is 0.493. The maximum absolute atomic E-state index is 6.03. The summed E-state index contributed by atoms with van der Waals surface area (Å²) in [4.78, 5) is 2.28. The Morgan fingerprint density at radius 1 is 0.548 bits per heavy atom. The third-order valence-electron chi connectivity index (χ3n) is 6.98. The Labute approximate surface area is 255 Å². The van der Waals surface area contributed by atoms with E-state index >= 15 is 0 Å². The molecule has 0 aliphatic heterocycles. The molecule has 0 bridgehead atoms. The largest absolute Gasteiger partial charge is 0.268 e. The molecule has 9 heteroatoms. The summed E-state index contributed by atoms with van der Waals surface area (Å²) in [7, 11) is 0. The van der Waals surface area contributed by atoms with E-state index in [9.17, 15) is 0 Å². The molecule has 210 valence electrons. The van der Waals surface area contributed by atoms with Crippen molar-refractivity contribution in [1.29, 1.82) is 0 Å². The number of rotatable bonds is 10. The van der Waals surface area contributed by atoms with Gasteiger partial charge >= 0.3 is 0 Å². The van der Waals surface area contributed by atoms with Crippen LogP contribution in [0.2, 0.25) is 0 Å². The van der Waals surface area contributed by atoms with Gasteiger partial charge in [0.2, 0.25) is 9.54 Å². The number of aromatic nitrogens is 6. The van der Waals surface area contributed by atoms with Gasteiger partial charge in [-0.1, -0.05) is 104 Å². The van der Waals surface area contributed by atoms with Gasteiger partial charge in [0.25, 0.3) is 0 Å². The molecule has 42 heavy (non-hydrogen) atoms. The van der Waals surface area contributed by atoms with Crippen molar-refractivity contribution >= 4 is 24.4 Å². The fourth-order valence-electron chi connectivity index (χ4n) is 5.05. The van der Waals surface area contributed by atoms with Crippen LogP contribution in [-0.2, 0) is 13.3 Å². The Balaban J connectivity index is 1.39. The molecule has 6 rings (SSSR count). The monoisotopic (exact) mass is 589 g/mol. The first-order valence-corrected chi connectivity index (χ1v) is 14.8. The van der Waals surface area contributed by atoms with E-state index in [0.717, 1.165) is 47.1 Å². The second-order valence-electron chi connectivity index (χ2n) is 9.96. The lowest BCUT2D eigenvalue weighted by atomic mass is 10.2. The van der Waals surface area contributed by atoms with Crippen molar-refractivity contribution in [2.45, 2.75) is 26.7 Å². The van der Waals surface area contributed by atoms with Crippen LogP contribution in [0.3, 0.4) is 0 Å². The summed E-state index contributed by atoms with van der Waals surface area (Å²) < 4.78 is 9.14. The van der Waals surface area contributed by atoms with Gasteiger partial charge in [0.05, 0.1) is 13.3 Å². The van der Waals surface area contributed by atoms with Gasteiger partial charge in [-0.2, -0.15) is 0 Å². The maximum Gasteiger partial charge on any atom is 0.204 e. The van der Waals surface area contributed by atoms with E-state index < -0.39 is 0 Å². The maximum atomic E-state index is 6.03. The second-order valence-corrected chi connectivity index (χ2v) is 10.7. The third kappa shape index (κ3) is 5.67. The van der Waals surface area contributed by atoms with Crippen LogP contribution in [0.15, 0.2) is 121 Å². The Morgan fingerprint density at radius 2 is 0.905 bits per heavy atom. The molecule has 2 aromatic heterocycles. The lowest BCUT2D eigenvalue weighted by molar-refractivity contribution is 0.151. The van der Waals surface area contributed by atoms with Gasteiger partial charge in [0.1, 0.15) is 0 Å². The Morgan fingerprint density at radius 3 is 1.26 bits per heavy atom. The lowest BCUT2D eigenvalue weighted by Crippen LogP contribution is -2.31. The van der Waals surface area contributed by atoms with Crippen LogP contribution in [0, 0.1) is 9.54 Å². The Kier molecular flexibility index (Phi) is 8.32. The number of para-hydroxylation sites is 2. The molecule has 0 spiro atoms. The van der Waals surface area contributed by atoms with Crippen molar-refractivity contribution in [3.05, 3.63) is 131 Å². The van der Waals surface area contributed by atoms with Gasteiger partial charge in [-0.3, -0.25) is 14.0 Å². The summed E-state index contributed by atoms with van der Waals surface area (Å²) in [5, 5.41) is 10.1. The van der Waals surface area contributed by atoms with Crippen LogP contribution in [-0.4, -0.2) is 40.1 Å². The molecule has 7 nitrogen and oxygen atoms in total. The molecule has 0 amide bonds. The van der Waals surface area contributed by atoms with Crippen LogP contribution in [0.5, 0.6) is 0 Å². The molecule has 4 aromatic carbocycles. The minimum Gasteiger partial charge on any atom is -0.268 e. The molecule has 0 unspecified atom stereocenters. The van der Waals surface area contributed by atoms with Crippen molar-refractivity contribution < 1.29 is 0 Å². The van der Waals surface area contributed by atoms with Gasteiger partial charge in [-0.15, -0.1) is 10.2 Å². The average molecular weight is 590 g/mol. The van der Waals surface area contributed by atoms with Crippen molar-refractivity contribution in [3.8, 4) is 34.2 Å². The van der Waals surface area contributed by atoms with Crippen molar-refractivity contribution in [2.24, 2.45) is 0 Å². The highest BCUT2D eigenvalue weighted by Gasteiger charge is 2.19. The molecular weight excluding hydrogens is 559 g/mol. The Bertz CT molecular complexity index is 1740. The predicted molar refractivity (Wildman–Crippen MR) is 173 cm³/mol. The summed E-state index contributed by atoms with van der Waals surface area (Å²) in [6, 6.07) is 40.6. The fraction of sp³-hybridized carbons (Fsp3) is 0.152. The minimum atomic E-state index is 0.493. The van der Waals surface area contributed by atoms with E-state index in [0.29, 0.717) is 22.9 Å². The zero-order valence-electron chi connectivity index (χ0n) is 23.3. The standard InChI is InChI=1S/C33H31N7S2/c1-2-23-36(24-37-32(41)39(28-19-11-5-12-20-28)30(34-37)26-15-7-3-8-16-26)25-38-33(42)40(29-21-13-6-14-22-29)31(35-38)27-17-9-4-10-18-27/h3-22H,2,23-25H2,1H3. The second kappa shape index (κ2) is 12.6. The normalized spacial score (nSPS) is 11.3. The van der Waals surface area contributed by atoms with Crippen LogP contribution in [0.25, 0.3) is 34.2 Å². The SMILES string of the molecule is CCCN(Cn1nc(-c2ccccc2)n(-c2ccccc2)c1=S)Cn1nc(-c2ccccc2)n(-c2ccccc2)c1=S. The molecule has 0 aliphatic carbocycles. The van der Waals surface area contributed by atoms with Gasteiger partial charge in [0.15, 0.2) is 11.6 Å². The molecule has 0 fully saturated rings. The number of hydrogen-bond acceptors (Lipinski definition) is 5. The first-order valence-electron chi connectivity index (χ1n) is 14.0. The van der Waals surface area contributed by atoms with Crippen LogP contribution < -0.4 is 0 Å². The molecule has 0 N–H and O–H groups in total. The van der Waals surface area contributed by atoms with E-state index in [-0.39, 0.29) is 0 Å². The highest BCUT2D eigenvalue weighted by molar-refractivity contribution is 7.71. The Hall–Kier alpha value is -4.44. The lowest BCUT2D eigenvalue weighted by Gasteiger charge is -2.21. The van der Waals surface area contributed by atoms with Gasteiger partial charge < -0.3 is 0 Å². The topological polar surface area (TPSA) is 48.7 Å². The summed E-state index contributed by atoms with van der Waals surface area (Å²) in [5.74, 6) is 1.61. The first-order chi connectivity index (χ1) is 20.6. The third-order valence-corrected chi connectivity index (χ3v) is 7.77. The highest BCUT2D eigenvalue weighted by Crippen LogP contribution is 2.24. The average Bonchev–Trinajstić information content (AvgIpc) is 3.54. The zero-order valence-corrected chi connectivity index (χ0v) is 25.0. The molecule has 0 radical (unpaired) electrons. The van der Waals surface area contributed by atoms with E-state index in [2.05, 4.69) is 60.4 Å². The smallest absolute Gasteiger partial charge is 0.204 e. The van der Waals surface area contributed by atoms with Crippen LogP contribution in [0.1, 0.15) is 13.3 Å². The summed E-state index contributed by atoms with van der Waals surface area (Å²) in [6.07, 6.45) is 0.955. The number of hydrogen-bond donors (Lipinski definition) is 0. The summed E-state index contributed by atoms with van der Waals surface area (Å²) in [6.45, 7) is 3.97. The zero-order chi connectivity index (χ0) is 28.9. The quantitative estimate of drug-likeness (QED) is 0.153. The van der Waals surface area contributed by atoms with Gasteiger partial charge in [-0.25, -0.2) is 9.36 Å². The molecule has 0 saturated carbocycles. The molecule has 6 aromatic rings. The first kappa shape index (κ1) is 27.7. The van der Waals surface area contributed by atoms with E-state index in [1.807, 2.05) is 91.3 Å². The van der Waals surface area contributed by atoms with Crippen molar-refractivity contribution in [2.75, 3.05) is 6.54 Å². The van der Waals surface area contributed by atoms with E-state index in [1.54, 1.807) is 0 Å². The molecule has 2 heterocycles. The van der Waals surface area contributed by atoms with Gasteiger partial charge in [0, 0.05) is 29.0 Å². The molecular formula is C33H31N7S2. The number of nitrogens with zero attached hydrogens (tertiary/aromatic N) is 7. The summed E-state index contributed by atoms with van der Waals surface area (Å²) >= 11 is 12.1. The van der Waals surface area contributed by atoms with Crippen LogP contribution in [0.4, 0.5) is 0 Å². The van der Waals surface area contributed by atoms with E-state index in [1.165, 1.54) is 0 Å². The van der Waals surface area contributed by atoms with Crippen molar-refractivity contribution in [3.63, 3.8) is 0 Å². The van der Waals surface area contributed by atoms with E-state index in [4.69, 9.17) is 34.6 Å². The summed E-state index contributed by atoms with van der Waals surface area (Å²) in [5.41, 5.74) is 3.96. The predicted octanol–water partition coefficient (Wildman–Crippen LogP) is 7.78. The number of benzene rings is 4. The van der Waals surface area contributed by atoms with Gasteiger partial charge in [-0.05, 0) is 55.1 Å². The highest BCUT2D eigenvalue weighted by atomic mass is 32.1. The van der Waals surface area contributed by atoms with Crippen molar-refractivity contribution in [1.82, 2.24) is 33.6 Å². The molecule has 0 atom stereocenters. The fourth-order valence-corrected chi connectivity index (χ4v) is 5.63. The molecule has 0 aliphatic rings.